The van der Waals surface area contributed by atoms with Crippen LogP contribution in [0, 0.1) is 11.3 Å². The first-order chi connectivity index (χ1) is 13.1. The normalized spacial score (nSPS) is 12.1. The molecule has 2 N–H and O–H groups in total. The number of nitrogens with zero attached hydrogens (tertiary/aromatic N) is 1. The molecule has 1 heterocycles. The number of ether oxygens (including phenoxy) is 1. The molecular weight excluding hydrogens is 378 g/mol. The fourth-order valence-corrected chi connectivity index (χ4v) is 4.49. The van der Waals surface area contributed by atoms with Crippen LogP contribution in [0.3, 0.4) is 0 Å². The fraction of sp³-hybridized carbons (Fsp3) is 0.350. The van der Waals surface area contributed by atoms with Gasteiger partial charge >= 0.3 is 0 Å². The summed E-state index contributed by atoms with van der Waals surface area (Å²) in [6.07, 6.45) is 5.04. The number of hydrogen-bond acceptors (Lipinski definition) is 5. The Morgan fingerprint density at radius 2 is 2.26 bits per heavy atom. The zero-order valence-corrected chi connectivity index (χ0v) is 16.8. The number of carbonyl (C=O) groups excluding carboxylic acids is 1. The van der Waals surface area contributed by atoms with Gasteiger partial charge in [0.25, 0.3) is 5.91 Å². The van der Waals surface area contributed by atoms with Crippen molar-refractivity contribution in [1.82, 2.24) is 5.32 Å². The van der Waals surface area contributed by atoms with Crippen molar-refractivity contribution < 1.29 is 9.53 Å². The number of thiophene rings is 1. The van der Waals surface area contributed by atoms with Crippen molar-refractivity contribution in [3.05, 3.63) is 45.8 Å². The molecule has 0 aliphatic heterocycles. The predicted octanol–water partition coefficient (Wildman–Crippen LogP) is 4.41. The van der Waals surface area contributed by atoms with Gasteiger partial charge in [-0.2, -0.15) is 5.26 Å². The Kier molecular flexibility index (Phi) is 6.43. The number of carbonyl (C=O) groups is 1. The summed E-state index contributed by atoms with van der Waals surface area (Å²) in [5, 5.41) is 16.0. The van der Waals surface area contributed by atoms with E-state index in [0.717, 1.165) is 37.7 Å². The maximum atomic E-state index is 12.5. The molecule has 0 spiro atoms. The molecule has 0 bridgehead atoms. The minimum atomic E-state index is -0.309. The fourth-order valence-electron chi connectivity index (χ4n) is 2.98. The van der Waals surface area contributed by atoms with Crippen molar-refractivity contribution in [2.75, 3.05) is 11.9 Å². The SMILES string of the molecule is CCCCOc1cccc(C(=O)NC(=S)Nc2sc3c(c2C#N)CCC3)c1. The molecule has 0 atom stereocenters. The van der Waals surface area contributed by atoms with Gasteiger partial charge < -0.3 is 10.1 Å². The van der Waals surface area contributed by atoms with Gasteiger partial charge in [0, 0.05) is 10.4 Å². The van der Waals surface area contributed by atoms with Crippen LogP contribution >= 0.6 is 23.6 Å². The molecule has 1 aliphatic carbocycles. The average molecular weight is 400 g/mol. The van der Waals surface area contributed by atoms with Crippen molar-refractivity contribution in [3.63, 3.8) is 0 Å². The molecule has 1 amide bonds. The lowest BCUT2D eigenvalue weighted by molar-refractivity contribution is 0.0977. The van der Waals surface area contributed by atoms with E-state index in [1.807, 2.05) is 6.07 Å². The number of thiocarbonyl (C=S) groups is 1. The second-order valence-corrected chi connectivity index (χ2v) is 7.82. The van der Waals surface area contributed by atoms with Gasteiger partial charge in [-0.15, -0.1) is 11.3 Å². The molecule has 7 heteroatoms. The molecule has 0 radical (unpaired) electrons. The van der Waals surface area contributed by atoms with Crippen LogP contribution in [0.1, 0.15) is 52.5 Å². The standard InChI is InChI=1S/C20H21N3O2S2/c1-2-3-10-25-14-7-4-6-13(11-14)18(24)22-20(26)23-19-16(12-21)15-8-5-9-17(15)27-19/h4,6-7,11H,2-3,5,8-10H2,1H3,(H2,22,23,24,26). The predicted molar refractivity (Wildman–Crippen MR) is 112 cm³/mol. The van der Waals surface area contributed by atoms with Crippen molar-refractivity contribution in [1.29, 1.82) is 5.26 Å². The third kappa shape index (κ3) is 4.65. The lowest BCUT2D eigenvalue weighted by Crippen LogP contribution is -2.34. The molecule has 140 valence electrons. The summed E-state index contributed by atoms with van der Waals surface area (Å²) in [5.41, 5.74) is 2.24. The lowest BCUT2D eigenvalue weighted by atomic mass is 10.1. The monoisotopic (exact) mass is 399 g/mol. The van der Waals surface area contributed by atoms with E-state index in [-0.39, 0.29) is 11.0 Å². The zero-order chi connectivity index (χ0) is 19.2. The molecule has 1 aromatic carbocycles. The third-order valence-electron chi connectivity index (χ3n) is 4.35. The second-order valence-electron chi connectivity index (χ2n) is 6.31. The van der Waals surface area contributed by atoms with Crippen LogP contribution in [0.25, 0.3) is 0 Å². The van der Waals surface area contributed by atoms with Crippen LogP contribution in [-0.2, 0) is 12.8 Å². The number of amides is 1. The van der Waals surface area contributed by atoms with Crippen molar-refractivity contribution in [3.8, 4) is 11.8 Å². The largest absolute Gasteiger partial charge is 0.494 e. The van der Waals surface area contributed by atoms with Crippen LogP contribution in [0.5, 0.6) is 5.75 Å². The first kappa shape index (κ1) is 19.3. The molecule has 3 rings (SSSR count). The zero-order valence-electron chi connectivity index (χ0n) is 15.1. The smallest absolute Gasteiger partial charge is 0.257 e. The van der Waals surface area contributed by atoms with E-state index >= 15 is 0 Å². The van der Waals surface area contributed by atoms with Crippen LogP contribution in [0.15, 0.2) is 24.3 Å². The number of benzene rings is 1. The number of anilines is 1. The Balaban J connectivity index is 1.62. The molecule has 1 aliphatic rings. The van der Waals surface area contributed by atoms with Gasteiger partial charge in [-0.25, -0.2) is 0 Å². The summed E-state index contributed by atoms with van der Waals surface area (Å²) < 4.78 is 5.64. The molecule has 5 nitrogen and oxygen atoms in total. The van der Waals surface area contributed by atoms with E-state index in [2.05, 4.69) is 23.6 Å². The van der Waals surface area contributed by atoms with Crippen LogP contribution in [0.2, 0.25) is 0 Å². The van der Waals surface area contributed by atoms with E-state index in [1.54, 1.807) is 29.5 Å². The highest BCUT2D eigenvalue weighted by Crippen LogP contribution is 2.38. The van der Waals surface area contributed by atoms with Gasteiger partial charge in [0.1, 0.15) is 16.8 Å². The topological polar surface area (TPSA) is 74.2 Å². The van der Waals surface area contributed by atoms with Gasteiger partial charge in [0.2, 0.25) is 0 Å². The Bertz CT molecular complexity index is 899. The number of rotatable bonds is 6. The number of nitriles is 1. The Morgan fingerprint density at radius 3 is 3.04 bits per heavy atom. The highest BCUT2D eigenvalue weighted by atomic mass is 32.1. The molecule has 0 saturated heterocycles. The minimum absolute atomic E-state index is 0.189. The van der Waals surface area contributed by atoms with Crippen LogP contribution < -0.4 is 15.4 Å². The van der Waals surface area contributed by atoms with Crippen LogP contribution in [0.4, 0.5) is 5.00 Å². The molecule has 0 unspecified atom stereocenters. The Labute approximate surface area is 168 Å². The lowest BCUT2D eigenvalue weighted by Gasteiger charge is -2.10. The number of hydrogen-bond donors (Lipinski definition) is 2. The van der Waals surface area contributed by atoms with Gasteiger partial charge in [-0.3, -0.25) is 10.1 Å². The maximum absolute atomic E-state index is 12.5. The van der Waals surface area contributed by atoms with Gasteiger partial charge in [0.15, 0.2) is 5.11 Å². The Morgan fingerprint density at radius 1 is 1.41 bits per heavy atom. The molecule has 1 aromatic heterocycles. The molecule has 2 aromatic rings. The van der Waals surface area contributed by atoms with Crippen LogP contribution in [-0.4, -0.2) is 17.6 Å². The van der Waals surface area contributed by atoms with Crippen molar-refractivity contribution in [2.45, 2.75) is 39.0 Å². The summed E-state index contributed by atoms with van der Waals surface area (Å²) in [6, 6.07) is 9.28. The number of fused-ring (bicyclic) bond motifs is 1. The van der Waals surface area contributed by atoms with Crippen molar-refractivity contribution >= 4 is 39.6 Å². The van der Waals surface area contributed by atoms with Gasteiger partial charge in [-0.1, -0.05) is 19.4 Å². The second kappa shape index (κ2) is 8.98. The maximum Gasteiger partial charge on any atom is 0.257 e. The summed E-state index contributed by atoms with van der Waals surface area (Å²) in [5.74, 6) is 0.354. The van der Waals surface area contributed by atoms with E-state index < -0.39 is 0 Å². The summed E-state index contributed by atoms with van der Waals surface area (Å²) in [7, 11) is 0. The molecular formula is C20H21N3O2S2. The molecule has 0 saturated carbocycles. The summed E-state index contributed by atoms with van der Waals surface area (Å²) >= 11 is 6.81. The van der Waals surface area contributed by atoms with Crippen molar-refractivity contribution in [2.24, 2.45) is 0 Å². The van der Waals surface area contributed by atoms with E-state index in [0.29, 0.717) is 28.5 Å². The first-order valence-electron chi connectivity index (χ1n) is 9.02. The van der Waals surface area contributed by atoms with Gasteiger partial charge in [-0.05, 0) is 61.7 Å². The van der Waals surface area contributed by atoms with E-state index in [9.17, 15) is 10.1 Å². The third-order valence-corrected chi connectivity index (χ3v) is 5.76. The molecule has 0 fully saturated rings. The quantitative estimate of drug-likeness (QED) is 0.556. The Hall–Kier alpha value is -2.43. The highest BCUT2D eigenvalue weighted by Gasteiger charge is 2.22. The highest BCUT2D eigenvalue weighted by molar-refractivity contribution is 7.80. The van der Waals surface area contributed by atoms with Gasteiger partial charge in [0.05, 0.1) is 12.2 Å². The molecule has 27 heavy (non-hydrogen) atoms. The van der Waals surface area contributed by atoms with E-state index in [4.69, 9.17) is 17.0 Å². The number of nitrogens with one attached hydrogen (secondary N) is 2. The van der Waals surface area contributed by atoms with E-state index in [1.165, 1.54) is 4.88 Å². The minimum Gasteiger partial charge on any atom is -0.494 e. The first-order valence-corrected chi connectivity index (χ1v) is 10.2. The number of unbranched alkanes of at least 4 members (excludes halogenated alkanes) is 1. The number of aryl methyl sites for hydroxylation is 1. The average Bonchev–Trinajstić information content (AvgIpc) is 3.22. The summed E-state index contributed by atoms with van der Waals surface area (Å²) in [6.45, 7) is 2.72. The summed E-state index contributed by atoms with van der Waals surface area (Å²) in [4.78, 5) is 13.7.